The summed E-state index contributed by atoms with van der Waals surface area (Å²) in [6.07, 6.45) is 1.17. The summed E-state index contributed by atoms with van der Waals surface area (Å²) in [6.45, 7) is 7.74. The van der Waals surface area contributed by atoms with Crippen LogP contribution in [-0.2, 0) is 0 Å². The van der Waals surface area contributed by atoms with Crippen LogP contribution in [0.15, 0.2) is 18.2 Å². The summed E-state index contributed by atoms with van der Waals surface area (Å²) < 4.78 is 13.1. The van der Waals surface area contributed by atoms with Crippen molar-refractivity contribution in [3.8, 4) is 0 Å². The number of piperidine rings is 1. The van der Waals surface area contributed by atoms with Crippen LogP contribution in [0.2, 0.25) is 0 Å². The predicted molar refractivity (Wildman–Crippen MR) is 70.0 cm³/mol. The molecule has 1 fully saturated rings. The van der Waals surface area contributed by atoms with E-state index in [0.29, 0.717) is 23.0 Å². The van der Waals surface area contributed by atoms with Crippen molar-refractivity contribution in [2.24, 2.45) is 11.8 Å². The average molecular weight is 249 g/mol. The molecule has 0 spiro atoms. The lowest BCUT2D eigenvalue weighted by atomic mass is 9.91. The van der Waals surface area contributed by atoms with Gasteiger partial charge >= 0.3 is 0 Å². The normalized spacial score (nSPS) is 24.1. The van der Waals surface area contributed by atoms with E-state index in [1.165, 1.54) is 18.6 Å². The summed E-state index contributed by atoms with van der Waals surface area (Å²) in [5.41, 5.74) is 1.34. The summed E-state index contributed by atoms with van der Waals surface area (Å²) in [5, 5.41) is 0. The SMILES string of the molecule is Cc1cc(F)ccc1C(=O)N1CC(C)CC(C)C1. The first-order valence-electron chi connectivity index (χ1n) is 6.52. The highest BCUT2D eigenvalue weighted by Crippen LogP contribution is 2.23. The Balaban J connectivity index is 2.20. The van der Waals surface area contributed by atoms with Crippen LogP contribution in [0.1, 0.15) is 36.2 Å². The van der Waals surface area contributed by atoms with Crippen molar-refractivity contribution in [2.45, 2.75) is 27.2 Å². The van der Waals surface area contributed by atoms with Crippen LogP contribution in [0.4, 0.5) is 4.39 Å². The monoisotopic (exact) mass is 249 g/mol. The van der Waals surface area contributed by atoms with Gasteiger partial charge in [0.2, 0.25) is 0 Å². The second-order valence-electron chi connectivity index (χ2n) is 5.62. The molecule has 0 N–H and O–H groups in total. The van der Waals surface area contributed by atoms with Crippen molar-refractivity contribution in [1.29, 1.82) is 0 Å². The molecule has 2 rings (SSSR count). The Morgan fingerprint density at radius 2 is 1.89 bits per heavy atom. The van der Waals surface area contributed by atoms with Gasteiger partial charge in [-0.3, -0.25) is 4.79 Å². The summed E-state index contributed by atoms with van der Waals surface area (Å²) in [5.74, 6) is 0.826. The molecule has 18 heavy (non-hydrogen) atoms. The number of hydrogen-bond acceptors (Lipinski definition) is 1. The van der Waals surface area contributed by atoms with Crippen molar-refractivity contribution in [3.63, 3.8) is 0 Å². The molecule has 3 heteroatoms. The molecule has 1 aliphatic heterocycles. The van der Waals surface area contributed by atoms with Crippen LogP contribution < -0.4 is 0 Å². The van der Waals surface area contributed by atoms with E-state index in [-0.39, 0.29) is 11.7 Å². The summed E-state index contributed by atoms with van der Waals surface area (Å²) in [6, 6.07) is 4.37. The summed E-state index contributed by atoms with van der Waals surface area (Å²) in [4.78, 5) is 14.3. The van der Waals surface area contributed by atoms with Crippen LogP contribution in [0.25, 0.3) is 0 Å². The van der Waals surface area contributed by atoms with Gasteiger partial charge in [-0.05, 0) is 48.9 Å². The fraction of sp³-hybridized carbons (Fsp3) is 0.533. The molecule has 2 unspecified atom stereocenters. The molecular formula is C15H20FNO. The van der Waals surface area contributed by atoms with Gasteiger partial charge in [-0.1, -0.05) is 13.8 Å². The van der Waals surface area contributed by atoms with Gasteiger partial charge in [0.05, 0.1) is 0 Å². The third-order valence-corrected chi connectivity index (χ3v) is 3.57. The average Bonchev–Trinajstić information content (AvgIpc) is 2.26. The van der Waals surface area contributed by atoms with E-state index in [1.807, 2.05) is 4.90 Å². The van der Waals surface area contributed by atoms with Crippen molar-refractivity contribution >= 4 is 5.91 Å². The zero-order chi connectivity index (χ0) is 13.3. The molecule has 2 atom stereocenters. The van der Waals surface area contributed by atoms with Crippen LogP contribution in [0.3, 0.4) is 0 Å². The summed E-state index contributed by atoms with van der Waals surface area (Å²) >= 11 is 0. The molecule has 1 saturated heterocycles. The fourth-order valence-electron chi connectivity index (χ4n) is 2.87. The maximum Gasteiger partial charge on any atom is 0.254 e. The Hall–Kier alpha value is -1.38. The van der Waals surface area contributed by atoms with Gasteiger partial charge < -0.3 is 4.90 Å². The first-order chi connectivity index (χ1) is 8.47. The van der Waals surface area contributed by atoms with E-state index >= 15 is 0 Å². The predicted octanol–water partition coefficient (Wildman–Crippen LogP) is 3.25. The number of rotatable bonds is 1. The maximum atomic E-state index is 13.1. The molecular weight excluding hydrogens is 229 g/mol. The van der Waals surface area contributed by atoms with Crippen LogP contribution in [0.5, 0.6) is 0 Å². The number of likely N-dealkylation sites (tertiary alicyclic amines) is 1. The molecule has 0 aliphatic carbocycles. The first kappa shape index (κ1) is 13.1. The molecule has 0 bridgehead atoms. The van der Waals surface area contributed by atoms with Gasteiger partial charge in [-0.2, -0.15) is 0 Å². The number of carbonyl (C=O) groups excluding carboxylic acids is 1. The van der Waals surface area contributed by atoms with E-state index in [9.17, 15) is 9.18 Å². The van der Waals surface area contributed by atoms with E-state index in [4.69, 9.17) is 0 Å². The number of halogens is 1. The quantitative estimate of drug-likeness (QED) is 0.748. The van der Waals surface area contributed by atoms with Crippen LogP contribution >= 0.6 is 0 Å². The molecule has 2 nitrogen and oxygen atoms in total. The Morgan fingerprint density at radius 1 is 1.28 bits per heavy atom. The number of aryl methyl sites for hydroxylation is 1. The van der Waals surface area contributed by atoms with E-state index < -0.39 is 0 Å². The molecule has 1 amide bonds. The highest BCUT2D eigenvalue weighted by Gasteiger charge is 2.26. The largest absolute Gasteiger partial charge is 0.338 e. The smallest absolute Gasteiger partial charge is 0.254 e. The molecule has 0 radical (unpaired) electrons. The molecule has 98 valence electrons. The van der Waals surface area contributed by atoms with Gasteiger partial charge in [0, 0.05) is 18.7 Å². The van der Waals surface area contributed by atoms with E-state index in [1.54, 1.807) is 13.0 Å². The number of carbonyl (C=O) groups is 1. The third-order valence-electron chi connectivity index (χ3n) is 3.57. The first-order valence-corrected chi connectivity index (χ1v) is 6.52. The van der Waals surface area contributed by atoms with Crippen LogP contribution in [0, 0.1) is 24.6 Å². The van der Waals surface area contributed by atoms with Crippen molar-refractivity contribution in [2.75, 3.05) is 13.1 Å². The van der Waals surface area contributed by atoms with Crippen molar-refractivity contribution in [1.82, 2.24) is 4.90 Å². The lowest BCUT2D eigenvalue weighted by Gasteiger charge is -2.35. The zero-order valence-electron chi connectivity index (χ0n) is 11.2. The maximum absolute atomic E-state index is 13.1. The van der Waals surface area contributed by atoms with E-state index in [0.717, 1.165) is 13.1 Å². The number of nitrogens with zero attached hydrogens (tertiary/aromatic N) is 1. The standard InChI is InChI=1S/C15H20FNO/c1-10-6-11(2)9-17(8-10)15(18)14-5-4-13(16)7-12(14)3/h4-5,7,10-11H,6,8-9H2,1-3H3. The van der Waals surface area contributed by atoms with Crippen LogP contribution in [-0.4, -0.2) is 23.9 Å². The summed E-state index contributed by atoms with van der Waals surface area (Å²) in [7, 11) is 0. The second kappa shape index (κ2) is 5.09. The molecule has 1 heterocycles. The van der Waals surface area contributed by atoms with Gasteiger partial charge in [0.15, 0.2) is 0 Å². The minimum atomic E-state index is -0.288. The molecule has 1 aromatic carbocycles. The van der Waals surface area contributed by atoms with Gasteiger partial charge in [0.1, 0.15) is 5.82 Å². The molecule has 1 aliphatic rings. The minimum Gasteiger partial charge on any atom is -0.338 e. The second-order valence-corrected chi connectivity index (χ2v) is 5.62. The Bertz CT molecular complexity index is 448. The van der Waals surface area contributed by atoms with Crippen molar-refractivity contribution in [3.05, 3.63) is 35.1 Å². The highest BCUT2D eigenvalue weighted by molar-refractivity contribution is 5.95. The Kier molecular flexibility index (Phi) is 3.69. The Labute approximate surface area is 108 Å². The highest BCUT2D eigenvalue weighted by atomic mass is 19.1. The van der Waals surface area contributed by atoms with E-state index in [2.05, 4.69) is 13.8 Å². The number of hydrogen-bond donors (Lipinski definition) is 0. The molecule has 0 aromatic heterocycles. The van der Waals surface area contributed by atoms with Crippen molar-refractivity contribution < 1.29 is 9.18 Å². The minimum absolute atomic E-state index is 0.0332. The van der Waals surface area contributed by atoms with Gasteiger partial charge in [-0.15, -0.1) is 0 Å². The number of amides is 1. The lowest BCUT2D eigenvalue weighted by Crippen LogP contribution is -2.42. The topological polar surface area (TPSA) is 20.3 Å². The van der Waals surface area contributed by atoms with Gasteiger partial charge in [0.25, 0.3) is 5.91 Å². The third kappa shape index (κ3) is 2.71. The Morgan fingerprint density at radius 3 is 2.44 bits per heavy atom. The lowest BCUT2D eigenvalue weighted by molar-refractivity contribution is 0.0622. The molecule has 0 saturated carbocycles. The number of benzene rings is 1. The zero-order valence-corrected chi connectivity index (χ0v) is 11.2. The fourth-order valence-corrected chi connectivity index (χ4v) is 2.87. The van der Waals surface area contributed by atoms with Gasteiger partial charge in [-0.25, -0.2) is 4.39 Å². The molecule has 1 aromatic rings.